The fourth-order valence-corrected chi connectivity index (χ4v) is 7.11. The first-order chi connectivity index (χ1) is 16.9. The van der Waals surface area contributed by atoms with Gasteiger partial charge in [-0.25, -0.2) is 0 Å². The summed E-state index contributed by atoms with van der Waals surface area (Å²) in [4.78, 5) is -0.189. The van der Waals surface area contributed by atoms with Crippen molar-refractivity contribution in [3.05, 3.63) is 60.7 Å². The van der Waals surface area contributed by atoms with Gasteiger partial charge in [0.05, 0.1) is 0 Å². The Morgan fingerprint density at radius 2 is 0.757 bits per heavy atom. The van der Waals surface area contributed by atoms with Gasteiger partial charge in [0, 0.05) is 16.5 Å². The molecule has 0 aliphatic carbocycles. The molecular weight excluding hydrogens is 555 g/mol. The molecule has 6 nitrogen and oxygen atoms in total. The van der Waals surface area contributed by atoms with Crippen LogP contribution in [-0.2, 0) is 35.7 Å². The zero-order valence-electron chi connectivity index (χ0n) is 22.3. The Kier molecular flexibility index (Phi) is 16.5. The minimum Gasteiger partial charge on any atom is -0.795 e. The monoisotopic (exact) mass is 598 g/mol. The van der Waals surface area contributed by atoms with E-state index in [0.29, 0.717) is 12.8 Å². The predicted molar refractivity (Wildman–Crippen MR) is 145 cm³/mol. The Morgan fingerprint density at radius 3 is 1.05 bits per heavy atom. The number of rotatable bonds is 16. The summed E-state index contributed by atoms with van der Waals surface area (Å²) in [5, 5.41) is 0. The van der Waals surface area contributed by atoms with E-state index >= 15 is 0 Å². The van der Waals surface area contributed by atoms with E-state index in [0.717, 1.165) is 51.4 Å². The topological polar surface area (TPSA) is 126 Å². The first kappa shape index (κ1) is 36.1. The second kappa shape index (κ2) is 16.9. The molecule has 0 bridgehead atoms. The van der Waals surface area contributed by atoms with E-state index in [1.807, 2.05) is 0 Å². The molecule has 37 heavy (non-hydrogen) atoms. The molecule has 0 saturated heterocycles. The predicted octanol–water partition coefficient (Wildman–Crippen LogP) is 6.97. The molecule has 218 valence electrons. The van der Waals surface area contributed by atoms with E-state index in [9.17, 15) is 26.6 Å². The maximum atomic E-state index is 12.0. The molecule has 0 unspecified atom stereocenters. The van der Waals surface area contributed by atoms with Crippen LogP contribution in [0.3, 0.4) is 0 Å². The van der Waals surface area contributed by atoms with Crippen molar-refractivity contribution < 1.29 is 43.1 Å². The van der Waals surface area contributed by atoms with Crippen molar-refractivity contribution in [2.24, 2.45) is 0 Å². The van der Waals surface area contributed by atoms with Crippen molar-refractivity contribution in [3.8, 4) is 0 Å². The van der Waals surface area contributed by atoms with Crippen LogP contribution in [0, 0.1) is 0 Å². The Bertz CT molecular complexity index is 905. The van der Waals surface area contributed by atoms with Crippen LogP contribution in [0.1, 0.15) is 90.9 Å². The maximum Gasteiger partial charge on any atom is 0 e. The van der Waals surface area contributed by atoms with E-state index < -0.39 is 19.3 Å². The smallest absolute Gasteiger partial charge is 0 e. The molecular formula is C28H44NiO6S2-4. The number of hydrogen-bond acceptors (Lipinski definition) is 6. The molecule has 0 N–H and O–H groups in total. The molecule has 0 spiro atoms. The van der Waals surface area contributed by atoms with Gasteiger partial charge < -0.3 is 26.6 Å². The minimum atomic E-state index is -5.11. The molecule has 0 fully saturated rings. The molecule has 9 heteroatoms. The maximum absolute atomic E-state index is 12.0. The molecule has 0 atom stereocenters. The average Bonchev–Trinajstić information content (AvgIpc) is 2.84. The van der Waals surface area contributed by atoms with Gasteiger partial charge in [-0.2, -0.15) is 19.3 Å². The first-order valence-electron chi connectivity index (χ1n) is 13.2. The Labute approximate surface area is 234 Å². The summed E-state index contributed by atoms with van der Waals surface area (Å²) in [7, 11) is -10.2. The summed E-state index contributed by atoms with van der Waals surface area (Å²) in [5.74, 6) is -0.569. The zero-order valence-corrected chi connectivity index (χ0v) is 24.9. The van der Waals surface area contributed by atoms with Gasteiger partial charge in [-0.05, 0) is 58.4 Å². The number of benzene rings is 2. The average molecular weight is 599 g/mol. The standard InChI is InChI=1S/2C14H24O3S.Ni/c2*1-2-3-4-5-6-10-13-18(15,16,17)14-11-8-7-9-12-14;/h2*7-9,11-12H,2-6,10,13H2,1H3,(H2,15,16,17);/p-4. The summed E-state index contributed by atoms with van der Waals surface area (Å²) in [6.07, 6.45) is 11.4. The van der Waals surface area contributed by atoms with Gasteiger partial charge in [0.15, 0.2) is 0 Å². The third-order valence-electron chi connectivity index (χ3n) is 6.10. The van der Waals surface area contributed by atoms with Crippen molar-refractivity contribution in [1.82, 2.24) is 0 Å². The summed E-state index contributed by atoms with van der Waals surface area (Å²) >= 11 is 0. The first-order valence-corrected chi connectivity index (χ1v) is 17.2. The van der Waals surface area contributed by atoms with Gasteiger partial charge in [0.25, 0.3) is 0 Å². The Balaban J connectivity index is 0.000000682. The van der Waals surface area contributed by atoms with Crippen LogP contribution in [0.2, 0.25) is 0 Å². The van der Waals surface area contributed by atoms with Crippen LogP contribution < -0.4 is 0 Å². The van der Waals surface area contributed by atoms with E-state index in [1.165, 1.54) is 37.1 Å². The van der Waals surface area contributed by atoms with Gasteiger partial charge in [-0.15, -0.1) is 0 Å². The fraction of sp³-hybridized carbons (Fsp3) is 0.571. The van der Waals surface area contributed by atoms with Crippen molar-refractivity contribution in [2.75, 3.05) is 11.5 Å². The second-order valence-corrected chi connectivity index (χ2v) is 15.0. The Morgan fingerprint density at radius 1 is 0.486 bits per heavy atom. The van der Waals surface area contributed by atoms with E-state index in [2.05, 4.69) is 13.8 Å². The van der Waals surface area contributed by atoms with Gasteiger partial charge in [-0.1, -0.05) is 114 Å². The minimum absolute atomic E-state index is 0. The number of sulfone groups is 6. The molecule has 0 radical (unpaired) electrons. The molecule has 2 aromatic carbocycles. The summed E-state index contributed by atoms with van der Waals surface area (Å²) in [6, 6.07) is 15.3. The summed E-state index contributed by atoms with van der Waals surface area (Å²) < 4.78 is 71.8. The van der Waals surface area contributed by atoms with Gasteiger partial charge in [0.1, 0.15) is 0 Å². The number of hydrogen-bond donors (Lipinski definition) is 0. The second-order valence-electron chi connectivity index (χ2n) is 9.47. The van der Waals surface area contributed by atoms with Crippen molar-refractivity contribution in [2.45, 2.75) is 101 Å². The summed E-state index contributed by atoms with van der Waals surface area (Å²) in [6.45, 7) is 4.27. The molecule has 2 aromatic rings. The van der Waals surface area contributed by atoms with Gasteiger partial charge in [-0.3, -0.25) is 0 Å². The van der Waals surface area contributed by atoms with E-state index in [-0.39, 0.29) is 37.8 Å². The largest absolute Gasteiger partial charge is 0.795 e. The third kappa shape index (κ3) is 14.7. The van der Waals surface area contributed by atoms with Crippen molar-refractivity contribution in [3.63, 3.8) is 0 Å². The van der Waals surface area contributed by atoms with Gasteiger partial charge >= 0.3 is 0 Å². The van der Waals surface area contributed by atoms with E-state index in [1.54, 1.807) is 36.4 Å². The van der Waals surface area contributed by atoms with Crippen LogP contribution in [0.4, 0.5) is 0 Å². The molecule has 0 aromatic heterocycles. The SMILES string of the molecule is CCCCCCCCS(=O)([O-])([O-])c1ccccc1.CCCCCCCCS(=O)([O-])([O-])c1ccccc1.[Ni]. The van der Waals surface area contributed by atoms with Crippen molar-refractivity contribution in [1.29, 1.82) is 0 Å². The van der Waals surface area contributed by atoms with Crippen LogP contribution in [0.15, 0.2) is 70.5 Å². The Hall–Kier alpha value is -0.926. The number of unbranched alkanes of at least 4 members (excludes halogenated alkanes) is 10. The molecule has 0 aliphatic rings. The normalized spacial score (nSPS) is 13.7. The molecule has 0 saturated carbocycles. The van der Waals surface area contributed by atoms with E-state index in [4.69, 9.17) is 0 Å². The van der Waals surface area contributed by atoms with Crippen LogP contribution in [0.5, 0.6) is 0 Å². The fourth-order valence-electron chi connectivity index (χ4n) is 3.87. The quantitative estimate of drug-likeness (QED) is 0.152. The molecule has 0 amide bonds. The summed E-state index contributed by atoms with van der Waals surface area (Å²) in [5.41, 5.74) is 0. The van der Waals surface area contributed by atoms with Gasteiger partial charge in [0.2, 0.25) is 0 Å². The zero-order chi connectivity index (χ0) is 27.0. The molecule has 0 heterocycles. The van der Waals surface area contributed by atoms with Crippen LogP contribution in [0.25, 0.3) is 0 Å². The molecule has 2 rings (SSSR count). The van der Waals surface area contributed by atoms with Crippen molar-refractivity contribution >= 4 is 19.3 Å². The third-order valence-corrected chi connectivity index (χ3v) is 10.4. The van der Waals surface area contributed by atoms with Crippen LogP contribution >= 0.6 is 0 Å². The van der Waals surface area contributed by atoms with Crippen LogP contribution in [-0.4, -0.2) is 38.1 Å². The molecule has 0 aliphatic heterocycles.